The summed E-state index contributed by atoms with van der Waals surface area (Å²) >= 11 is 5.88. The fourth-order valence-electron chi connectivity index (χ4n) is 2.87. The molecule has 1 fully saturated rings. The van der Waals surface area contributed by atoms with E-state index in [9.17, 15) is 14.7 Å². The number of rotatable bonds is 5. The molecule has 1 aromatic rings. The van der Waals surface area contributed by atoms with Crippen molar-refractivity contribution < 1.29 is 14.7 Å². The first kappa shape index (κ1) is 18.5. The number of likely N-dealkylation sites (tertiary alicyclic amines) is 1. The number of hydrogen-bond donors (Lipinski definition) is 3. The van der Waals surface area contributed by atoms with Gasteiger partial charge in [0.1, 0.15) is 5.75 Å². The summed E-state index contributed by atoms with van der Waals surface area (Å²) in [6.07, 6.45) is 2.71. The van der Waals surface area contributed by atoms with Crippen LogP contribution in [0.3, 0.4) is 0 Å². The molecule has 1 aromatic carbocycles. The van der Waals surface area contributed by atoms with E-state index in [4.69, 9.17) is 17.3 Å². The van der Waals surface area contributed by atoms with Crippen LogP contribution in [0.15, 0.2) is 18.2 Å². The van der Waals surface area contributed by atoms with Gasteiger partial charge in [0.05, 0.1) is 11.7 Å². The summed E-state index contributed by atoms with van der Waals surface area (Å²) in [6, 6.07) is 4.05. The van der Waals surface area contributed by atoms with Crippen LogP contribution in [-0.4, -0.2) is 41.0 Å². The number of halogens is 1. The summed E-state index contributed by atoms with van der Waals surface area (Å²) in [7, 11) is 0. The molecular formula is C17H24ClN3O3. The van der Waals surface area contributed by atoms with Crippen molar-refractivity contribution in [1.82, 2.24) is 4.90 Å². The van der Waals surface area contributed by atoms with Gasteiger partial charge in [0.25, 0.3) is 0 Å². The van der Waals surface area contributed by atoms with Crippen LogP contribution in [-0.2, 0) is 9.59 Å². The zero-order valence-corrected chi connectivity index (χ0v) is 14.6. The molecule has 1 saturated heterocycles. The van der Waals surface area contributed by atoms with Gasteiger partial charge < -0.3 is 21.1 Å². The second-order valence-electron chi connectivity index (χ2n) is 6.15. The Morgan fingerprint density at radius 1 is 1.42 bits per heavy atom. The quantitative estimate of drug-likeness (QED) is 0.708. The molecule has 7 heteroatoms. The van der Waals surface area contributed by atoms with Gasteiger partial charge in [-0.2, -0.15) is 0 Å². The molecule has 6 nitrogen and oxygen atoms in total. The van der Waals surface area contributed by atoms with Crippen molar-refractivity contribution in [3.63, 3.8) is 0 Å². The highest BCUT2D eigenvalue weighted by Gasteiger charge is 2.29. The Hall–Kier alpha value is -1.79. The molecule has 4 N–H and O–H groups in total. The van der Waals surface area contributed by atoms with Gasteiger partial charge in [-0.3, -0.25) is 9.59 Å². The van der Waals surface area contributed by atoms with Gasteiger partial charge in [-0.05, 0) is 37.5 Å². The van der Waals surface area contributed by atoms with Crippen molar-refractivity contribution in [3.8, 4) is 5.75 Å². The summed E-state index contributed by atoms with van der Waals surface area (Å²) in [6.45, 7) is 3.04. The van der Waals surface area contributed by atoms with Gasteiger partial charge >= 0.3 is 0 Å². The molecule has 2 amide bonds. The number of nitrogens with zero attached hydrogens (tertiary/aromatic N) is 1. The zero-order chi connectivity index (χ0) is 17.7. The summed E-state index contributed by atoms with van der Waals surface area (Å²) in [5.74, 6) is -0.429. The molecule has 0 aromatic heterocycles. The molecular weight excluding hydrogens is 330 g/mol. The number of hydrogen-bond acceptors (Lipinski definition) is 4. The molecule has 1 atom stereocenters. The zero-order valence-electron chi connectivity index (χ0n) is 13.8. The third-order valence-corrected chi connectivity index (χ3v) is 4.55. The van der Waals surface area contributed by atoms with E-state index in [-0.39, 0.29) is 23.5 Å². The van der Waals surface area contributed by atoms with E-state index in [1.807, 2.05) is 6.92 Å². The van der Waals surface area contributed by atoms with E-state index in [1.165, 1.54) is 12.1 Å². The van der Waals surface area contributed by atoms with Crippen molar-refractivity contribution >= 4 is 29.1 Å². The maximum Gasteiger partial charge on any atom is 0.239 e. The fourth-order valence-corrected chi connectivity index (χ4v) is 3.05. The lowest BCUT2D eigenvalue weighted by Gasteiger charge is -2.33. The van der Waals surface area contributed by atoms with Crippen LogP contribution in [0.4, 0.5) is 5.69 Å². The Labute approximate surface area is 147 Å². The average Bonchev–Trinajstić information content (AvgIpc) is 2.57. The van der Waals surface area contributed by atoms with Crippen LogP contribution < -0.4 is 11.1 Å². The minimum atomic E-state index is -0.455. The molecule has 0 saturated carbocycles. The van der Waals surface area contributed by atoms with Crippen molar-refractivity contribution in [3.05, 3.63) is 23.2 Å². The van der Waals surface area contributed by atoms with Crippen LogP contribution in [0.1, 0.15) is 32.6 Å². The number of carbonyl (C=O) groups excluding carboxylic acids is 2. The largest absolute Gasteiger partial charge is 0.506 e. The molecule has 0 aliphatic carbocycles. The van der Waals surface area contributed by atoms with Crippen molar-refractivity contribution in [2.45, 2.75) is 38.6 Å². The first-order chi connectivity index (χ1) is 11.4. The maximum atomic E-state index is 12.4. The standard InChI is InChI=1S/C17H24ClN3O3/c1-2-3-13(19)17(24)21-8-6-11(7-9-21)16(23)20-14-10-12(18)4-5-15(14)22/h4-5,10-11,13,22H,2-3,6-9,19H2,1H3,(H,20,23). The molecule has 0 bridgehead atoms. The number of amides is 2. The molecule has 1 aliphatic rings. The number of aromatic hydroxyl groups is 1. The summed E-state index contributed by atoms with van der Waals surface area (Å²) in [5, 5.41) is 12.9. The Kier molecular flexibility index (Phi) is 6.45. The topological polar surface area (TPSA) is 95.7 Å². The molecule has 2 rings (SSSR count). The Morgan fingerprint density at radius 2 is 2.08 bits per heavy atom. The van der Waals surface area contributed by atoms with E-state index in [0.29, 0.717) is 43.1 Å². The first-order valence-electron chi connectivity index (χ1n) is 8.26. The highest BCUT2D eigenvalue weighted by molar-refractivity contribution is 6.31. The normalized spacial score (nSPS) is 16.7. The average molecular weight is 354 g/mol. The Balaban J connectivity index is 1.88. The number of phenols is 1. The number of benzene rings is 1. The van der Waals surface area contributed by atoms with Crippen LogP contribution in [0.5, 0.6) is 5.75 Å². The van der Waals surface area contributed by atoms with E-state index >= 15 is 0 Å². The maximum absolute atomic E-state index is 12.4. The SMILES string of the molecule is CCCC(N)C(=O)N1CCC(C(=O)Nc2cc(Cl)ccc2O)CC1. The summed E-state index contributed by atoms with van der Waals surface area (Å²) in [4.78, 5) is 26.3. The molecule has 0 radical (unpaired) electrons. The lowest BCUT2D eigenvalue weighted by atomic mass is 9.95. The highest BCUT2D eigenvalue weighted by Crippen LogP contribution is 2.28. The van der Waals surface area contributed by atoms with Crippen molar-refractivity contribution in [2.24, 2.45) is 11.7 Å². The number of phenolic OH excluding ortho intramolecular Hbond substituents is 1. The molecule has 24 heavy (non-hydrogen) atoms. The fraction of sp³-hybridized carbons (Fsp3) is 0.529. The van der Waals surface area contributed by atoms with E-state index < -0.39 is 6.04 Å². The van der Waals surface area contributed by atoms with E-state index in [0.717, 1.165) is 6.42 Å². The minimum Gasteiger partial charge on any atom is -0.506 e. The second kappa shape index (κ2) is 8.35. The van der Waals surface area contributed by atoms with Gasteiger partial charge in [-0.25, -0.2) is 0 Å². The van der Waals surface area contributed by atoms with E-state index in [1.54, 1.807) is 11.0 Å². The first-order valence-corrected chi connectivity index (χ1v) is 8.64. The molecule has 1 unspecified atom stereocenters. The predicted molar refractivity (Wildman–Crippen MR) is 93.9 cm³/mol. The number of carbonyl (C=O) groups is 2. The monoisotopic (exact) mass is 353 g/mol. The predicted octanol–water partition coefficient (Wildman–Crippen LogP) is 2.35. The van der Waals surface area contributed by atoms with Gasteiger partial charge in [0, 0.05) is 24.0 Å². The lowest BCUT2D eigenvalue weighted by Crippen LogP contribution is -2.48. The van der Waals surface area contributed by atoms with Gasteiger partial charge in [-0.15, -0.1) is 0 Å². The highest BCUT2D eigenvalue weighted by atomic mass is 35.5. The van der Waals surface area contributed by atoms with Gasteiger partial charge in [0.2, 0.25) is 11.8 Å². The van der Waals surface area contributed by atoms with Crippen LogP contribution in [0.2, 0.25) is 5.02 Å². The number of nitrogens with two attached hydrogens (primary N) is 1. The second-order valence-corrected chi connectivity index (χ2v) is 6.58. The smallest absolute Gasteiger partial charge is 0.239 e. The minimum absolute atomic E-state index is 0.0223. The van der Waals surface area contributed by atoms with Crippen molar-refractivity contribution in [2.75, 3.05) is 18.4 Å². The van der Waals surface area contributed by atoms with Crippen LogP contribution in [0, 0.1) is 5.92 Å². The Bertz CT molecular complexity index is 601. The van der Waals surface area contributed by atoms with Gasteiger partial charge in [0.15, 0.2) is 0 Å². The number of anilines is 1. The molecule has 1 heterocycles. The molecule has 1 aliphatic heterocycles. The molecule has 132 valence electrons. The van der Waals surface area contributed by atoms with Crippen LogP contribution in [0.25, 0.3) is 0 Å². The summed E-state index contributed by atoms with van der Waals surface area (Å²) < 4.78 is 0. The lowest BCUT2D eigenvalue weighted by molar-refractivity contribution is -0.135. The van der Waals surface area contributed by atoms with Gasteiger partial charge in [-0.1, -0.05) is 24.9 Å². The molecule has 0 spiro atoms. The van der Waals surface area contributed by atoms with Crippen molar-refractivity contribution in [1.29, 1.82) is 0 Å². The Morgan fingerprint density at radius 3 is 2.71 bits per heavy atom. The van der Waals surface area contributed by atoms with E-state index in [2.05, 4.69) is 5.32 Å². The summed E-state index contributed by atoms with van der Waals surface area (Å²) in [5.41, 5.74) is 6.18. The van der Waals surface area contributed by atoms with Crippen LogP contribution >= 0.6 is 11.6 Å². The third kappa shape index (κ3) is 4.61. The number of nitrogens with one attached hydrogen (secondary N) is 1. The third-order valence-electron chi connectivity index (χ3n) is 4.31. The number of piperidine rings is 1.